The molecule has 1 heteroatoms. The van der Waals surface area contributed by atoms with Crippen molar-refractivity contribution < 1.29 is 0 Å². The minimum absolute atomic E-state index is 0.540. The molecular formula is C17H23Cl. The number of hydrogen-bond donors (Lipinski definition) is 0. The van der Waals surface area contributed by atoms with Gasteiger partial charge in [0, 0.05) is 5.03 Å². The van der Waals surface area contributed by atoms with E-state index in [-0.39, 0.29) is 0 Å². The second-order valence-corrected chi connectivity index (χ2v) is 6.59. The summed E-state index contributed by atoms with van der Waals surface area (Å²) in [6, 6.07) is 0. The van der Waals surface area contributed by atoms with Crippen molar-refractivity contribution in [1.29, 1.82) is 0 Å². The van der Waals surface area contributed by atoms with Crippen molar-refractivity contribution >= 4 is 11.6 Å². The van der Waals surface area contributed by atoms with Crippen LogP contribution in [-0.4, -0.2) is 0 Å². The van der Waals surface area contributed by atoms with Gasteiger partial charge in [0.05, 0.1) is 0 Å². The van der Waals surface area contributed by atoms with Gasteiger partial charge in [0.1, 0.15) is 0 Å². The Balaban J connectivity index is 2.06. The average Bonchev–Trinajstić information content (AvgIpc) is 2.44. The summed E-state index contributed by atoms with van der Waals surface area (Å²) in [4.78, 5) is 0. The highest BCUT2D eigenvalue weighted by molar-refractivity contribution is 6.32. The number of halogens is 1. The average molecular weight is 263 g/mol. The van der Waals surface area contributed by atoms with Crippen molar-refractivity contribution in [3.63, 3.8) is 0 Å². The van der Waals surface area contributed by atoms with Gasteiger partial charge >= 0.3 is 0 Å². The summed E-state index contributed by atoms with van der Waals surface area (Å²) in [5, 5.41) is 1.06. The molecule has 3 aliphatic rings. The SMILES string of the molecule is CC=C1CC2(CCCCC2)C2CCC=CC2=C1Cl. The first kappa shape index (κ1) is 12.5. The zero-order valence-corrected chi connectivity index (χ0v) is 12.1. The molecule has 1 fully saturated rings. The summed E-state index contributed by atoms with van der Waals surface area (Å²) in [6.07, 6.45) is 17.7. The Labute approximate surface area is 116 Å². The topological polar surface area (TPSA) is 0 Å². The van der Waals surface area contributed by atoms with Crippen molar-refractivity contribution in [3.05, 3.63) is 34.4 Å². The molecule has 1 unspecified atom stereocenters. The number of fused-ring (bicyclic) bond motifs is 2. The Bertz CT molecular complexity index is 419. The standard InChI is InChI=1S/C17H23Cl/c1-2-13-12-17(10-6-3-7-11-17)15-9-5-4-8-14(15)16(13)18/h2,4,8,15H,3,5-7,9-12H2,1H3. The third-order valence-electron chi connectivity index (χ3n) is 5.31. The molecule has 0 N–H and O–H groups in total. The maximum absolute atomic E-state index is 6.62. The highest BCUT2D eigenvalue weighted by Gasteiger charge is 2.45. The molecule has 1 atom stereocenters. The maximum atomic E-state index is 6.62. The van der Waals surface area contributed by atoms with Gasteiger partial charge in [-0.15, -0.1) is 0 Å². The van der Waals surface area contributed by atoms with Gasteiger partial charge in [-0.25, -0.2) is 0 Å². The van der Waals surface area contributed by atoms with E-state index in [4.69, 9.17) is 11.6 Å². The van der Waals surface area contributed by atoms with Crippen molar-refractivity contribution in [3.8, 4) is 0 Å². The first-order valence-electron chi connectivity index (χ1n) is 7.49. The Kier molecular flexibility index (Phi) is 3.40. The molecule has 0 aromatic rings. The van der Waals surface area contributed by atoms with Gasteiger partial charge in [0.25, 0.3) is 0 Å². The van der Waals surface area contributed by atoms with Crippen LogP contribution >= 0.6 is 11.6 Å². The minimum atomic E-state index is 0.540. The van der Waals surface area contributed by atoms with E-state index < -0.39 is 0 Å². The Morgan fingerprint density at radius 1 is 1.28 bits per heavy atom. The first-order valence-corrected chi connectivity index (χ1v) is 7.86. The molecule has 0 aromatic heterocycles. The molecule has 1 saturated carbocycles. The molecule has 0 bridgehead atoms. The third kappa shape index (κ3) is 1.90. The quantitative estimate of drug-likeness (QED) is 0.522. The third-order valence-corrected chi connectivity index (χ3v) is 5.77. The lowest BCUT2D eigenvalue weighted by Gasteiger charge is -2.49. The molecule has 0 nitrogen and oxygen atoms in total. The fourth-order valence-electron chi connectivity index (χ4n) is 4.38. The van der Waals surface area contributed by atoms with Gasteiger partial charge in [0.2, 0.25) is 0 Å². The lowest BCUT2D eigenvalue weighted by Crippen LogP contribution is -2.38. The summed E-state index contributed by atoms with van der Waals surface area (Å²) in [5.74, 6) is 0.735. The molecule has 3 aliphatic carbocycles. The predicted molar refractivity (Wildman–Crippen MR) is 78.6 cm³/mol. The van der Waals surface area contributed by atoms with E-state index in [1.165, 1.54) is 62.5 Å². The van der Waals surface area contributed by atoms with Gasteiger partial charge in [-0.2, -0.15) is 0 Å². The normalized spacial score (nSPS) is 33.0. The van der Waals surface area contributed by atoms with E-state index in [1.54, 1.807) is 0 Å². The molecule has 0 heterocycles. The largest absolute Gasteiger partial charge is 0.0842 e. The van der Waals surface area contributed by atoms with Crippen LogP contribution in [0.5, 0.6) is 0 Å². The number of rotatable bonds is 0. The Hall–Kier alpha value is -0.490. The van der Waals surface area contributed by atoms with E-state index in [2.05, 4.69) is 25.2 Å². The molecule has 98 valence electrons. The van der Waals surface area contributed by atoms with Gasteiger partial charge in [-0.1, -0.05) is 49.1 Å². The zero-order chi connectivity index (χ0) is 12.6. The highest BCUT2D eigenvalue weighted by atomic mass is 35.5. The lowest BCUT2D eigenvalue weighted by molar-refractivity contribution is 0.106. The molecule has 0 radical (unpaired) electrons. The van der Waals surface area contributed by atoms with Crippen molar-refractivity contribution in [2.24, 2.45) is 11.3 Å². The summed E-state index contributed by atoms with van der Waals surface area (Å²) in [6.45, 7) is 2.14. The molecule has 0 saturated heterocycles. The van der Waals surface area contributed by atoms with E-state index in [0.717, 1.165) is 11.0 Å². The Morgan fingerprint density at radius 3 is 2.78 bits per heavy atom. The first-order chi connectivity index (χ1) is 8.77. The van der Waals surface area contributed by atoms with E-state index in [0.29, 0.717) is 5.41 Å². The molecule has 3 rings (SSSR count). The molecule has 1 spiro atoms. The molecule has 0 aliphatic heterocycles. The summed E-state index contributed by atoms with van der Waals surface area (Å²) >= 11 is 6.62. The number of hydrogen-bond acceptors (Lipinski definition) is 0. The van der Waals surface area contributed by atoms with E-state index in [1.807, 2.05) is 0 Å². The van der Waals surface area contributed by atoms with Crippen molar-refractivity contribution in [2.75, 3.05) is 0 Å². The summed E-state index contributed by atoms with van der Waals surface area (Å²) in [7, 11) is 0. The van der Waals surface area contributed by atoms with Gasteiger partial charge in [0.15, 0.2) is 0 Å². The second kappa shape index (κ2) is 4.89. The van der Waals surface area contributed by atoms with Crippen molar-refractivity contribution in [1.82, 2.24) is 0 Å². The van der Waals surface area contributed by atoms with Crippen LogP contribution in [0.25, 0.3) is 0 Å². The molecule has 0 aromatic carbocycles. The lowest BCUT2D eigenvalue weighted by atomic mass is 9.56. The maximum Gasteiger partial charge on any atom is 0.0469 e. The zero-order valence-electron chi connectivity index (χ0n) is 11.3. The monoisotopic (exact) mass is 262 g/mol. The second-order valence-electron chi connectivity index (χ2n) is 6.22. The van der Waals surface area contributed by atoms with Crippen LogP contribution < -0.4 is 0 Å². The van der Waals surface area contributed by atoms with E-state index >= 15 is 0 Å². The highest BCUT2D eigenvalue weighted by Crippen LogP contribution is 2.57. The summed E-state index contributed by atoms with van der Waals surface area (Å²) < 4.78 is 0. The van der Waals surface area contributed by atoms with Crippen LogP contribution in [0.15, 0.2) is 34.4 Å². The van der Waals surface area contributed by atoms with Crippen molar-refractivity contribution in [2.45, 2.75) is 58.3 Å². The fourth-order valence-corrected chi connectivity index (χ4v) is 4.75. The van der Waals surface area contributed by atoms with Crippen LogP contribution in [0.3, 0.4) is 0 Å². The molecular weight excluding hydrogens is 240 g/mol. The number of allylic oxidation sites excluding steroid dienone is 6. The fraction of sp³-hybridized carbons (Fsp3) is 0.647. The van der Waals surface area contributed by atoms with Crippen LogP contribution in [0.2, 0.25) is 0 Å². The van der Waals surface area contributed by atoms with Gasteiger partial charge in [-0.3, -0.25) is 0 Å². The molecule has 0 amide bonds. The van der Waals surface area contributed by atoms with E-state index in [9.17, 15) is 0 Å². The van der Waals surface area contributed by atoms with Gasteiger partial charge in [-0.05, 0) is 61.5 Å². The van der Waals surface area contributed by atoms with Gasteiger partial charge < -0.3 is 0 Å². The van der Waals surface area contributed by atoms with Crippen LogP contribution in [0, 0.1) is 11.3 Å². The predicted octanol–water partition coefficient (Wildman–Crippen LogP) is 5.75. The van der Waals surface area contributed by atoms with Crippen LogP contribution in [-0.2, 0) is 0 Å². The van der Waals surface area contributed by atoms with Crippen LogP contribution in [0.1, 0.15) is 58.3 Å². The summed E-state index contributed by atoms with van der Waals surface area (Å²) in [5.41, 5.74) is 3.39. The Morgan fingerprint density at radius 2 is 2.06 bits per heavy atom. The smallest absolute Gasteiger partial charge is 0.0469 e. The minimum Gasteiger partial charge on any atom is -0.0842 e. The van der Waals surface area contributed by atoms with Crippen LogP contribution in [0.4, 0.5) is 0 Å². The molecule has 18 heavy (non-hydrogen) atoms.